The Morgan fingerprint density at radius 3 is 2.64 bits per heavy atom. The maximum absolute atomic E-state index is 5.12. The van der Waals surface area contributed by atoms with E-state index >= 15 is 0 Å². The smallest absolute Gasteiger partial charge is 0.107 e. The maximum atomic E-state index is 5.12. The monoisotopic (exact) mass is 195 g/mol. The zero-order valence-corrected chi connectivity index (χ0v) is 8.69. The van der Waals surface area contributed by atoms with Gasteiger partial charge in [0.05, 0.1) is 0 Å². The zero-order valence-electron chi connectivity index (χ0n) is 8.69. The van der Waals surface area contributed by atoms with E-state index in [2.05, 4.69) is 5.32 Å². The first-order valence-corrected chi connectivity index (χ1v) is 4.79. The quantitative estimate of drug-likeness (QED) is 0.554. The molecular weight excluding hydrogens is 178 g/mol. The SMILES string of the molecule is CNCC(C)OOCc1ccccc1. The van der Waals surface area contributed by atoms with Crippen molar-refractivity contribution < 1.29 is 9.78 Å². The minimum atomic E-state index is 0.0729. The average molecular weight is 195 g/mol. The van der Waals surface area contributed by atoms with Crippen LogP contribution in [0.4, 0.5) is 0 Å². The standard InChI is InChI=1S/C11H17NO2/c1-10(8-12-2)14-13-9-11-6-4-3-5-7-11/h3-7,10,12H,8-9H2,1-2H3. The molecule has 0 saturated carbocycles. The van der Waals surface area contributed by atoms with Crippen LogP contribution in [-0.4, -0.2) is 19.7 Å². The molecule has 0 fully saturated rings. The maximum Gasteiger partial charge on any atom is 0.107 e. The second kappa shape index (κ2) is 6.54. The molecule has 14 heavy (non-hydrogen) atoms. The molecule has 1 atom stereocenters. The molecule has 0 aliphatic carbocycles. The minimum absolute atomic E-state index is 0.0729. The Morgan fingerprint density at radius 2 is 2.00 bits per heavy atom. The van der Waals surface area contributed by atoms with Crippen molar-refractivity contribution >= 4 is 0 Å². The average Bonchev–Trinajstić information content (AvgIpc) is 2.20. The molecule has 0 aliphatic heterocycles. The van der Waals surface area contributed by atoms with E-state index in [1.807, 2.05) is 44.3 Å². The molecule has 1 N–H and O–H groups in total. The predicted molar refractivity (Wildman–Crippen MR) is 55.7 cm³/mol. The van der Waals surface area contributed by atoms with Crippen molar-refractivity contribution in [3.05, 3.63) is 35.9 Å². The highest BCUT2D eigenvalue weighted by molar-refractivity contribution is 5.13. The lowest BCUT2D eigenvalue weighted by Crippen LogP contribution is -2.23. The molecule has 1 aromatic rings. The fraction of sp³-hybridized carbons (Fsp3) is 0.455. The summed E-state index contributed by atoms with van der Waals surface area (Å²) in [6, 6.07) is 9.96. The van der Waals surface area contributed by atoms with Gasteiger partial charge in [-0.3, -0.25) is 0 Å². The van der Waals surface area contributed by atoms with Gasteiger partial charge in [0.15, 0.2) is 0 Å². The van der Waals surface area contributed by atoms with Crippen molar-refractivity contribution in [1.29, 1.82) is 0 Å². The molecular formula is C11H17NO2. The lowest BCUT2D eigenvalue weighted by Gasteiger charge is -2.10. The van der Waals surface area contributed by atoms with Crippen LogP contribution >= 0.6 is 0 Å². The molecule has 0 radical (unpaired) electrons. The Hall–Kier alpha value is -0.900. The van der Waals surface area contributed by atoms with Crippen molar-refractivity contribution in [3.8, 4) is 0 Å². The van der Waals surface area contributed by atoms with E-state index in [1.54, 1.807) is 0 Å². The third kappa shape index (κ3) is 4.37. The molecule has 0 bridgehead atoms. The number of nitrogens with one attached hydrogen (secondary N) is 1. The van der Waals surface area contributed by atoms with Gasteiger partial charge in [-0.25, -0.2) is 9.78 Å². The Labute approximate surface area is 85.0 Å². The largest absolute Gasteiger partial charge is 0.317 e. The number of hydrogen-bond acceptors (Lipinski definition) is 3. The molecule has 1 rings (SSSR count). The first-order chi connectivity index (χ1) is 6.83. The summed E-state index contributed by atoms with van der Waals surface area (Å²) in [5, 5.41) is 3.01. The molecule has 0 saturated heterocycles. The minimum Gasteiger partial charge on any atom is -0.317 e. The Morgan fingerprint density at radius 1 is 1.29 bits per heavy atom. The summed E-state index contributed by atoms with van der Waals surface area (Å²) in [6.45, 7) is 3.24. The third-order valence-electron chi connectivity index (χ3n) is 1.79. The lowest BCUT2D eigenvalue weighted by atomic mass is 10.2. The number of rotatable bonds is 6. The molecule has 0 amide bonds. The van der Waals surface area contributed by atoms with Crippen LogP contribution in [0.2, 0.25) is 0 Å². The summed E-state index contributed by atoms with van der Waals surface area (Å²) >= 11 is 0. The van der Waals surface area contributed by atoms with E-state index < -0.39 is 0 Å². The Kier molecular flexibility index (Phi) is 5.22. The van der Waals surface area contributed by atoms with Gasteiger partial charge in [0.1, 0.15) is 12.7 Å². The van der Waals surface area contributed by atoms with E-state index in [4.69, 9.17) is 9.78 Å². The summed E-state index contributed by atoms with van der Waals surface area (Å²) < 4.78 is 0. The number of hydrogen-bond donors (Lipinski definition) is 1. The molecule has 3 heteroatoms. The highest BCUT2D eigenvalue weighted by Gasteiger charge is 2.00. The van der Waals surface area contributed by atoms with Crippen LogP contribution in [-0.2, 0) is 16.4 Å². The summed E-state index contributed by atoms with van der Waals surface area (Å²) in [5.41, 5.74) is 1.11. The van der Waals surface area contributed by atoms with Gasteiger partial charge in [-0.15, -0.1) is 0 Å². The summed E-state index contributed by atoms with van der Waals surface area (Å²) in [5.74, 6) is 0. The topological polar surface area (TPSA) is 30.5 Å². The van der Waals surface area contributed by atoms with Gasteiger partial charge in [0, 0.05) is 6.54 Å². The van der Waals surface area contributed by atoms with E-state index in [-0.39, 0.29) is 6.10 Å². The first-order valence-electron chi connectivity index (χ1n) is 4.79. The fourth-order valence-corrected chi connectivity index (χ4v) is 1.11. The zero-order chi connectivity index (χ0) is 10.2. The Balaban J connectivity index is 2.16. The molecule has 3 nitrogen and oxygen atoms in total. The predicted octanol–water partition coefficient (Wildman–Crippen LogP) is 1.74. The highest BCUT2D eigenvalue weighted by Crippen LogP contribution is 2.01. The van der Waals surface area contributed by atoms with Crippen LogP contribution in [0.5, 0.6) is 0 Å². The molecule has 0 heterocycles. The van der Waals surface area contributed by atoms with Gasteiger partial charge in [-0.2, -0.15) is 0 Å². The molecule has 0 spiro atoms. The first kappa shape index (κ1) is 11.2. The van der Waals surface area contributed by atoms with Crippen molar-refractivity contribution in [3.63, 3.8) is 0 Å². The summed E-state index contributed by atoms with van der Waals surface area (Å²) in [6.07, 6.45) is 0.0729. The fourth-order valence-electron chi connectivity index (χ4n) is 1.11. The molecule has 0 aromatic heterocycles. The Bertz CT molecular complexity index is 238. The van der Waals surface area contributed by atoms with E-state index in [0.29, 0.717) is 6.61 Å². The second-order valence-corrected chi connectivity index (χ2v) is 3.21. The van der Waals surface area contributed by atoms with Crippen molar-refractivity contribution in [1.82, 2.24) is 5.32 Å². The van der Waals surface area contributed by atoms with Crippen molar-refractivity contribution in [2.45, 2.75) is 19.6 Å². The van der Waals surface area contributed by atoms with Gasteiger partial charge in [0.2, 0.25) is 0 Å². The van der Waals surface area contributed by atoms with Gasteiger partial charge >= 0.3 is 0 Å². The van der Waals surface area contributed by atoms with E-state index in [1.165, 1.54) is 0 Å². The molecule has 78 valence electrons. The van der Waals surface area contributed by atoms with Crippen LogP contribution in [0, 0.1) is 0 Å². The third-order valence-corrected chi connectivity index (χ3v) is 1.79. The van der Waals surface area contributed by atoms with Gasteiger partial charge in [0.25, 0.3) is 0 Å². The van der Waals surface area contributed by atoms with Crippen molar-refractivity contribution in [2.75, 3.05) is 13.6 Å². The summed E-state index contributed by atoms with van der Waals surface area (Å²) in [4.78, 5) is 10.2. The van der Waals surface area contributed by atoms with E-state index in [0.717, 1.165) is 12.1 Å². The molecule has 0 aliphatic rings. The van der Waals surface area contributed by atoms with Gasteiger partial charge < -0.3 is 5.32 Å². The van der Waals surface area contributed by atoms with Crippen LogP contribution in [0.15, 0.2) is 30.3 Å². The second-order valence-electron chi connectivity index (χ2n) is 3.21. The normalized spacial score (nSPS) is 12.7. The van der Waals surface area contributed by atoms with Gasteiger partial charge in [-0.1, -0.05) is 30.3 Å². The van der Waals surface area contributed by atoms with Crippen LogP contribution < -0.4 is 5.32 Å². The molecule has 1 unspecified atom stereocenters. The van der Waals surface area contributed by atoms with Gasteiger partial charge in [-0.05, 0) is 19.5 Å². The van der Waals surface area contributed by atoms with Crippen LogP contribution in [0.3, 0.4) is 0 Å². The summed E-state index contributed by atoms with van der Waals surface area (Å²) in [7, 11) is 1.89. The highest BCUT2D eigenvalue weighted by atomic mass is 17.2. The number of benzene rings is 1. The molecule has 1 aromatic carbocycles. The number of likely N-dealkylation sites (N-methyl/N-ethyl adjacent to an activating group) is 1. The van der Waals surface area contributed by atoms with Crippen LogP contribution in [0.1, 0.15) is 12.5 Å². The lowest BCUT2D eigenvalue weighted by molar-refractivity contribution is -0.327. The van der Waals surface area contributed by atoms with Crippen LogP contribution in [0.25, 0.3) is 0 Å². The van der Waals surface area contributed by atoms with E-state index in [9.17, 15) is 0 Å². The van der Waals surface area contributed by atoms with Crippen molar-refractivity contribution in [2.24, 2.45) is 0 Å².